The molecular formula is C32H46N4O8S. The van der Waals surface area contributed by atoms with Crippen molar-refractivity contribution >= 4 is 33.8 Å². The molecule has 0 bridgehead atoms. The number of hydrogen-bond donors (Lipinski definition) is 4. The van der Waals surface area contributed by atoms with Crippen LogP contribution >= 0.6 is 0 Å². The van der Waals surface area contributed by atoms with Gasteiger partial charge in [-0.2, -0.15) is 0 Å². The number of sulfonamides is 1. The third-order valence-electron chi connectivity index (χ3n) is 9.31. The molecule has 45 heavy (non-hydrogen) atoms. The van der Waals surface area contributed by atoms with Gasteiger partial charge in [-0.15, -0.1) is 0 Å². The van der Waals surface area contributed by atoms with Gasteiger partial charge in [-0.3, -0.25) is 19.1 Å². The van der Waals surface area contributed by atoms with E-state index in [1.807, 2.05) is 36.5 Å². The van der Waals surface area contributed by atoms with Crippen molar-refractivity contribution < 1.29 is 37.4 Å². The van der Waals surface area contributed by atoms with Crippen LogP contribution in [-0.2, 0) is 29.1 Å². The van der Waals surface area contributed by atoms with E-state index < -0.39 is 73.8 Å². The number of nitrogens with one attached hydrogen (secondary N) is 3. The Hall–Kier alpha value is -3.19. The van der Waals surface area contributed by atoms with Gasteiger partial charge in [0.05, 0.1) is 17.4 Å². The number of hydrogen-bond acceptors (Lipinski definition) is 8. The Labute approximate surface area is 265 Å². The summed E-state index contributed by atoms with van der Waals surface area (Å²) in [4.78, 5) is 56.0. The van der Waals surface area contributed by atoms with Crippen LogP contribution in [0.3, 0.4) is 0 Å². The molecule has 2 aliphatic heterocycles. The molecule has 13 heteroatoms. The lowest BCUT2D eigenvalue weighted by Crippen LogP contribution is -2.58. The van der Waals surface area contributed by atoms with Crippen LogP contribution in [0, 0.1) is 11.8 Å². The highest BCUT2D eigenvalue weighted by Gasteiger charge is 2.62. The number of carbonyl (C=O) groups excluding carboxylic acids is 4. The van der Waals surface area contributed by atoms with E-state index in [4.69, 9.17) is 4.74 Å². The van der Waals surface area contributed by atoms with Crippen molar-refractivity contribution in [1.82, 2.24) is 20.3 Å². The summed E-state index contributed by atoms with van der Waals surface area (Å²) in [5, 5.41) is 16.8. The van der Waals surface area contributed by atoms with Crippen LogP contribution in [0.25, 0.3) is 0 Å². The van der Waals surface area contributed by atoms with Crippen LogP contribution in [0.15, 0.2) is 36.5 Å². The van der Waals surface area contributed by atoms with E-state index in [-0.39, 0.29) is 25.3 Å². The normalized spacial score (nSPS) is 34.8. The lowest BCUT2D eigenvalue weighted by Gasteiger charge is -2.32. The summed E-state index contributed by atoms with van der Waals surface area (Å²) < 4.78 is 33.0. The van der Waals surface area contributed by atoms with Gasteiger partial charge in [0.15, 0.2) is 0 Å². The summed E-state index contributed by atoms with van der Waals surface area (Å²) in [5.41, 5.74) is -3.74. The molecule has 0 aromatic carbocycles. The van der Waals surface area contributed by atoms with E-state index in [0.717, 1.165) is 12.8 Å². The second-order valence-corrected chi connectivity index (χ2v) is 16.1. The molecule has 3 aliphatic carbocycles. The lowest BCUT2D eigenvalue weighted by molar-refractivity contribution is -0.141. The maximum Gasteiger partial charge on any atom is 0.408 e. The van der Waals surface area contributed by atoms with Crippen molar-refractivity contribution in [3.63, 3.8) is 0 Å². The summed E-state index contributed by atoms with van der Waals surface area (Å²) in [6, 6.07) is -2.17. The number of alkyl carbamates (subject to hydrolysis) is 1. The SMILES string of the molecule is CC(C)(C)OC(=O)N[C@H]1CCCCC/C=C\[C@@H]2C[C@@]2(C(=O)NS(=O)(=O)C2CC2)NC(=O)[C@@H]2C[C@@](O)(C3C=CC=CC3)CN2C1=O. The molecule has 0 radical (unpaired) electrons. The standard InChI is InChI=1S/C32H46N4O8S/c1-30(2,3)44-29(40)33-24-15-11-6-4-5-8-14-22-18-32(22,28(39)35-45(42,43)23-16-17-23)34-26(37)25-19-31(41,20-36(25)27(24)38)21-12-9-7-10-13-21/h7-10,12,14,21-25,41H,4-6,11,13,15-20H2,1-3H3,(H,33,40)(H,34,37)(H,35,39)/b14-8-/t21?,22-,24+,25+,31+,32-/m1/s1. The lowest BCUT2D eigenvalue weighted by atomic mass is 9.81. The van der Waals surface area contributed by atoms with Crippen LogP contribution < -0.4 is 15.4 Å². The molecule has 2 heterocycles. The molecule has 3 fully saturated rings. The highest BCUT2D eigenvalue weighted by atomic mass is 32.2. The monoisotopic (exact) mass is 646 g/mol. The number of carbonyl (C=O) groups is 4. The van der Waals surface area contributed by atoms with Crippen LogP contribution in [-0.4, -0.2) is 82.9 Å². The van der Waals surface area contributed by atoms with Gasteiger partial charge in [-0.05, 0) is 65.7 Å². The van der Waals surface area contributed by atoms with Crippen LogP contribution in [0.4, 0.5) is 4.79 Å². The third-order valence-corrected chi connectivity index (χ3v) is 11.1. The molecule has 5 rings (SSSR count). The maximum absolute atomic E-state index is 14.2. The molecule has 4 N–H and O–H groups in total. The Morgan fingerprint density at radius 3 is 2.44 bits per heavy atom. The van der Waals surface area contributed by atoms with Gasteiger partial charge in [-0.1, -0.05) is 49.3 Å². The van der Waals surface area contributed by atoms with Crippen molar-refractivity contribution in [1.29, 1.82) is 0 Å². The number of amides is 4. The van der Waals surface area contributed by atoms with E-state index in [1.54, 1.807) is 20.8 Å². The Morgan fingerprint density at radius 2 is 1.78 bits per heavy atom. The molecular weight excluding hydrogens is 600 g/mol. The minimum absolute atomic E-state index is 0.0921. The number of rotatable bonds is 5. The summed E-state index contributed by atoms with van der Waals surface area (Å²) in [6.07, 6.45) is 15.3. The Balaban J connectivity index is 1.45. The number of ether oxygens (including phenoxy) is 1. The van der Waals surface area contributed by atoms with Gasteiger partial charge < -0.3 is 25.4 Å². The predicted octanol–water partition coefficient (Wildman–Crippen LogP) is 2.35. The summed E-state index contributed by atoms with van der Waals surface area (Å²) in [7, 11) is -3.87. The molecule has 5 aliphatic rings. The first kappa shape index (κ1) is 33.2. The summed E-state index contributed by atoms with van der Waals surface area (Å²) >= 11 is 0. The number of aliphatic hydroxyl groups is 1. The first-order valence-electron chi connectivity index (χ1n) is 16.0. The van der Waals surface area contributed by atoms with Gasteiger partial charge in [-0.25, -0.2) is 13.2 Å². The molecule has 12 nitrogen and oxygen atoms in total. The van der Waals surface area contributed by atoms with Gasteiger partial charge in [0.2, 0.25) is 21.8 Å². The largest absolute Gasteiger partial charge is 0.444 e. The quantitative estimate of drug-likeness (QED) is 0.330. The van der Waals surface area contributed by atoms with E-state index in [2.05, 4.69) is 15.4 Å². The highest BCUT2D eigenvalue weighted by molar-refractivity contribution is 7.91. The fourth-order valence-electron chi connectivity index (χ4n) is 6.55. The van der Waals surface area contributed by atoms with E-state index in [0.29, 0.717) is 38.5 Å². The smallest absolute Gasteiger partial charge is 0.408 e. The third kappa shape index (κ3) is 7.62. The van der Waals surface area contributed by atoms with Gasteiger partial charge in [0.1, 0.15) is 23.2 Å². The zero-order valence-electron chi connectivity index (χ0n) is 26.3. The average Bonchev–Trinajstić information content (AvgIpc) is 3.88. The number of nitrogens with zero attached hydrogens (tertiary/aromatic N) is 1. The molecule has 2 saturated carbocycles. The highest BCUT2D eigenvalue weighted by Crippen LogP contribution is 2.46. The van der Waals surface area contributed by atoms with E-state index in [1.165, 1.54) is 4.90 Å². The second kappa shape index (κ2) is 12.5. The van der Waals surface area contributed by atoms with E-state index in [9.17, 15) is 32.7 Å². The topological polar surface area (TPSA) is 171 Å². The van der Waals surface area contributed by atoms with Crippen molar-refractivity contribution in [2.45, 2.75) is 119 Å². The van der Waals surface area contributed by atoms with Crippen LogP contribution in [0.2, 0.25) is 0 Å². The Kier molecular flexibility index (Phi) is 9.25. The van der Waals surface area contributed by atoms with Crippen molar-refractivity contribution in [2.24, 2.45) is 11.8 Å². The van der Waals surface area contributed by atoms with Crippen molar-refractivity contribution in [2.75, 3.05) is 6.54 Å². The average molecular weight is 647 g/mol. The van der Waals surface area contributed by atoms with Crippen LogP contribution in [0.5, 0.6) is 0 Å². The first-order valence-corrected chi connectivity index (χ1v) is 17.6. The molecule has 1 unspecified atom stereocenters. The maximum atomic E-state index is 14.2. The fourth-order valence-corrected chi connectivity index (χ4v) is 7.91. The molecule has 248 valence electrons. The Morgan fingerprint density at radius 1 is 1.02 bits per heavy atom. The predicted molar refractivity (Wildman–Crippen MR) is 166 cm³/mol. The molecule has 1 saturated heterocycles. The van der Waals surface area contributed by atoms with Crippen molar-refractivity contribution in [3.05, 3.63) is 36.5 Å². The van der Waals surface area contributed by atoms with Crippen molar-refractivity contribution in [3.8, 4) is 0 Å². The van der Waals surface area contributed by atoms with E-state index >= 15 is 0 Å². The Bertz CT molecular complexity index is 1400. The minimum Gasteiger partial charge on any atom is -0.444 e. The molecule has 6 atom stereocenters. The summed E-state index contributed by atoms with van der Waals surface area (Å²) in [5.74, 6) is -2.76. The zero-order valence-corrected chi connectivity index (χ0v) is 27.1. The van der Waals surface area contributed by atoms with Gasteiger partial charge >= 0.3 is 6.09 Å². The molecule has 0 aromatic rings. The van der Waals surface area contributed by atoms with Crippen LogP contribution in [0.1, 0.15) is 85.0 Å². The number of fused-ring (bicyclic) bond motifs is 2. The van der Waals surface area contributed by atoms with Gasteiger partial charge in [0.25, 0.3) is 5.91 Å². The summed E-state index contributed by atoms with van der Waals surface area (Å²) in [6.45, 7) is 5.01. The molecule has 0 aromatic heterocycles. The second-order valence-electron chi connectivity index (χ2n) is 14.2. The minimum atomic E-state index is -3.87. The first-order chi connectivity index (χ1) is 21.1. The number of allylic oxidation sites excluding steroid dienone is 4. The fraction of sp³-hybridized carbons (Fsp3) is 0.688. The zero-order chi connectivity index (χ0) is 32.6. The van der Waals surface area contributed by atoms with Gasteiger partial charge in [0, 0.05) is 18.3 Å². The molecule has 0 spiro atoms. The molecule has 4 amide bonds.